The molecule has 0 saturated carbocycles. The van der Waals surface area contributed by atoms with Gasteiger partial charge in [0, 0.05) is 16.7 Å². The molecule has 1 heterocycles. The zero-order valence-corrected chi connectivity index (χ0v) is 11.1. The summed E-state index contributed by atoms with van der Waals surface area (Å²) in [5.41, 5.74) is 0.304. The molecule has 0 aliphatic rings. The van der Waals surface area contributed by atoms with Crippen LogP contribution in [0.1, 0.15) is 16.8 Å². The van der Waals surface area contributed by atoms with Gasteiger partial charge in [-0.2, -0.15) is 0 Å². The van der Waals surface area contributed by atoms with Crippen molar-refractivity contribution in [1.29, 1.82) is 0 Å². The third-order valence-electron chi connectivity index (χ3n) is 2.51. The van der Waals surface area contributed by atoms with E-state index >= 15 is 0 Å². The number of hydrogen-bond acceptors (Lipinski definition) is 4. The summed E-state index contributed by atoms with van der Waals surface area (Å²) < 4.78 is 0. The average Bonchev–Trinajstić information content (AvgIpc) is 2.88. The van der Waals surface area contributed by atoms with Crippen molar-refractivity contribution in [2.45, 2.75) is 16.3 Å². The van der Waals surface area contributed by atoms with E-state index in [4.69, 9.17) is 5.11 Å². The minimum atomic E-state index is -1.59. The Kier molecular flexibility index (Phi) is 4.37. The molecule has 0 saturated heterocycles. The highest BCUT2D eigenvalue weighted by Crippen LogP contribution is 2.26. The summed E-state index contributed by atoms with van der Waals surface area (Å²) in [6, 6.07) is 11.2. The van der Waals surface area contributed by atoms with Crippen molar-refractivity contribution in [2.24, 2.45) is 0 Å². The van der Waals surface area contributed by atoms with Crippen molar-refractivity contribution in [2.75, 3.05) is 0 Å². The first-order valence-corrected chi connectivity index (χ1v) is 6.58. The number of ketones is 2. The Bertz CT molecular complexity index is 648. The maximum atomic E-state index is 11.7. The van der Waals surface area contributed by atoms with Gasteiger partial charge in [-0.1, -0.05) is 30.0 Å². The number of carbonyl (C=O) groups is 3. The maximum absolute atomic E-state index is 11.7. The van der Waals surface area contributed by atoms with E-state index in [-0.39, 0.29) is 0 Å². The van der Waals surface area contributed by atoms with Crippen LogP contribution in [0, 0.1) is 0 Å². The molecule has 0 bridgehead atoms. The van der Waals surface area contributed by atoms with E-state index in [1.165, 1.54) is 18.0 Å². The van der Waals surface area contributed by atoms with E-state index in [9.17, 15) is 14.4 Å². The highest BCUT2D eigenvalue weighted by atomic mass is 32.2. The number of H-pyrrole nitrogens is 1. The molecule has 102 valence electrons. The molecule has 0 fully saturated rings. The Morgan fingerprint density at radius 3 is 2.50 bits per heavy atom. The summed E-state index contributed by atoms with van der Waals surface area (Å²) in [5.74, 6) is -3.20. The Hall–Kier alpha value is -2.34. The molecule has 0 radical (unpaired) electrons. The molecule has 0 spiro atoms. The van der Waals surface area contributed by atoms with Crippen LogP contribution in [0.4, 0.5) is 0 Å². The smallest absolute Gasteiger partial charge is 0.372 e. The Balaban J connectivity index is 2.04. The summed E-state index contributed by atoms with van der Waals surface area (Å²) in [7, 11) is 0. The monoisotopic (exact) mass is 289 g/mol. The molecule has 2 N–H and O–H groups in total. The van der Waals surface area contributed by atoms with Gasteiger partial charge in [0.2, 0.25) is 5.78 Å². The summed E-state index contributed by atoms with van der Waals surface area (Å²) in [6.07, 6.45) is 0.853. The lowest BCUT2D eigenvalue weighted by atomic mass is 10.1. The number of aromatic amines is 1. The van der Waals surface area contributed by atoms with Crippen molar-refractivity contribution in [3.8, 4) is 0 Å². The normalized spacial score (nSPS) is 10.2. The standard InChI is InChI=1S/C14H11NO4S/c16-11(7-12(17)14(18)19)9-6-13(15-8-9)20-10-4-2-1-3-5-10/h1-6,8,15H,7H2,(H,18,19). The van der Waals surface area contributed by atoms with Gasteiger partial charge in [0.15, 0.2) is 5.78 Å². The summed E-state index contributed by atoms with van der Waals surface area (Å²) >= 11 is 1.44. The second kappa shape index (κ2) is 6.21. The third kappa shape index (κ3) is 3.58. The van der Waals surface area contributed by atoms with Crippen LogP contribution < -0.4 is 0 Å². The molecule has 5 nitrogen and oxygen atoms in total. The molecular weight excluding hydrogens is 278 g/mol. The van der Waals surface area contributed by atoms with E-state index < -0.39 is 24.0 Å². The van der Waals surface area contributed by atoms with Crippen LogP contribution in [-0.2, 0) is 9.59 Å². The first-order chi connectivity index (χ1) is 9.56. The second-order valence-corrected chi connectivity index (χ2v) is 5.11. The van der Waals surface area contributed by atoms with E-state index in [1.54, 1.807) is 6.07 Å². The number of aromatic nitrogens is 1. The SMILES string of the molecule is O=C(O)C(=O)CC(=O)c1c[nH]c(Sc2ccccc2)c1. The zero-order valence-electron chi connectivity index (χ0n) is 10.3. The van der Waals surface area contributed by atoms with Crippen molar-refractivity contribution in [3.63, 3.8) is 0 Å². The molecule has 6 heteroatoms. The molecule has 1 aromatic carbocycles. The fourth-order valence-electron chi connectivity index (χ4n) is 1.53. The van der Waals surface area contributed by atoms with Gasteiger partial charge in [-0.05, 0) is 18.2 Å². The molecule has 2 rings (SSSR count). The summed E-state index contributed by atoms with van der Waals surface area (Å²) in [5, 5.41) is 9.22. The lowest BCUT2D eigenvalue weighted by Crippen LogP contribution is -2.16. The van der Waals surface area contributed by atoms with Crippen molar-refractivity contribution in [1.82, 2.24) is 4.98 Å². The fraction of sp³-hybridized carbons (Fsp3) is 0.0714. The van der Waals surface area contributed by atoms with Crippen molar-refractivity contribution in [3.05, 3.63) is 48.2 Å². The Morgan fingerprint density at radius 2 is 1.85 bits per heavy atom. The van der Waals surface area contributed by atoms with E-state index in [0.29, 0.717) is 5.56 Å². The van der Waals surface area contributed by atoms with Gasteiger partial charge in [-0.25, -0.2) is 4.79 Å². The molecule has 0 aliphatic heterocycles. The van der Waals surface area contributed by atoms with Crippen LogP contribution in [0.3, 0.4) is 0 Å². The molecule has 2 aromatic rings. The number of carboxylic acid groups (broad SMARTS) is 1. The number of benzene rings is 1. The van der Waals surface area contributed by atoms with Gasteiger partial charge in [-0.3, -0.25) is 9.59 Å². The van der Waals surface area contributed by atoms with E-state index in [2.05, 4.69) is 4.98 Å². The van der Waals surface area contributed by atoms with Crippen molar-refractivity contribution < 1.29 is 19.5 Å². The molecule has 0 amide bonds. The van der Waals surface area contributed by atoms with Gasteiger partial charge in [0.25, 0.3) is 0 Å². The molecule has 0 aliphatic carbocycles. The van der Waals surface area contributed by atoms with Gasteiger partial charge in [0.1, 0.15) is 0 Å². The molecule has 1 aromatic heterocycles. The summed E-state index contributed by atoms with van der Waals surface area (Å²) in [4.78, 5) is 37.0. The molecule has 20 heavy (non-hydrogen) atoms. The Labute approximate surface area is 119 Å². The van der Waals surface area contributed by atoms with Crippen molar-refractivity contribution >= 4 is 29.3 Å². The first kappa shape index (κ1) is 14.1. The number of hydrogen-bond donors (Lipinski definition) is 2. The molecular formula is C14H11NO4S. The van der Waals surface area contributed by atoms with Crippen LogP contribution in [0.25, 0.3) is 0 Å². The predicted octanol–water partition coefficient (Wildman–Crippen LogP) is 2.39. The summed E-state index contributed by atoms with van der Waals surface area (Å²) in [6.45, 7) is 0. The quantitative estimate of drug-likeness (QED) is 0.484. The minimum absolute atomic E-state index is 0.304. The van der Waals surface area contributed by atoms with Gasteiger partial charge in [0.05, 0.1) is 11.4 Å². The number of carbonyl (C=O) groups excluding carboxylic acids is 2. The first-order valence-electron chi connectivity index (χ1n) is 5.77. The van der Waals surface area contributed by atoms with Crippen LogP contribution in [0.15, 0.2) is 52.5 Å². The van der Waals surface area contributed by atoms with Crippen LogP contribution >= 0.6 is 11.8 Å². The largest absolute Gasteiger partial charge is 0.475 e. The number of aliphatic carboxylic acids is 1. The molecule has 0 atom stereocenters. The zero-order chi connectivity index (χ0) is 14.5. The highest BCUT2D eigenvalue weighted by Gasteiger charge is 2.18. The second-order valence-electron chi connectivity index (χ2n) is 4.00. The number of carboxylic acids is 1. The van der Waals surface area contributed by atoms with Gasteiger partial charge >= 0.3 is 5.97 Å². The number of rotatable bonds is 6. The fourth-order valence-corrected chi connectivity index (χ4v) is 2.38. The van der Waals surface area contributed by atoms with Crippen LogP contribution in [0.5, 0.6) is 0 Å². The maximum Gasteiger partial charge on any atom is 0.372 e. The topological polar surface area (TPSA) is 87.2 Å². The molecule has 0 unspecified atom stereocenters. The minimum Gasteiger partial charge on any atom is -0.475 e. The highest BCUT2D eigenvalue weighted by molar-refractivity contribution is 7.99. The number of Topliss-reactive ketones (excluding diaryl/α,β-unsaturated/α-hetero) is 2. The van der Waals surface area contributed by atoms with Crippen LogP contribution in [0.2, 0.25) is 0 Å². The lowest BCUT2D eigenvalue weighted by Gasteiger charge is -1.97. The van der Waals surface area contributed by atoms with Gasteiger partial charge < -0.3 is 10.1 Å². The van der Waals surface area contributed by atoms with E-state index in [0.717, 1.165) is 9.92 Å². The number of nitrogens with one attached hydrogen (secondary N) is 1. The Morgan fingerprint density at radius 1 is 1.15 bits per heavy atom. The van der Waals surface area contributed by atoms with Crippen LogP contribution in [-0.4, -0.2) is 27.6 Å². The van der Waals surface area contributed by atoms with E-state index in [1.807, 2.05) is 30.3 Å². The van der Waals surface area contributed by atoms with Gasteiger partial charge in [-0.15, -0.1) is 0 Å². The third-order valence-corrected chi connectivity index (χ3v) is 3.47. The predicted molar refractivity (Wildman–Crippen MR) is 72.9 cm³/mol. The lowest BCUT2D eigenvalue weighted by molar-refractivity contribution is -0.148. The average molecular weight is 289 g/mol.